The third kappa shape index (κ3) is 8.09. The number of hydrogen-bond donors (Lipinski definition) is 0. The van der Waals surface area contributed by atoms with E-state index >= 15 is 0 Å². The molecule has 0 amide bonds. The summed E-state index contributed by atoms with van der Waals surface area (Å²) in [7, 11) is 0. The van der Waals surface area contributed by atoms with Gasteiger partial charge in [-0.05, 0) is 134 Å². The molecule has 0 saturated heterocycles. The quantitative estimate of drug-likeness (QED) is 0.123. The zero-order valence-electron chi connectivity index (χ0n) is 39.7. The number of anilines is 6. The van der Waals surface area contributed by atoms with Gasteiger partial charge in [0, 0.05) is 51.1 Å². The minimum absolute atomic E-state index is 0.0379. The van der Waals surface area contributed by atoms with Gasteiger partial charge in [-0.2, -0.15) is 0 Å². The molecule has 9 rings (SSSR count). The summed E-state index contributed by atoms with van der Waals surface area (Å²) in [6.45, 7) is 27.2. The van der Waals surface area contributed by atoms with Gasteiger partial charge in [-0.1, -0.05) is 144 Å². The lowest BCUT2D eigenvalue weighted by Crippen LogP contribution is -2.14. The second-order valence-corrected chi connectivity index (χ2v) is 21.6. The van der Waals surface area contributed by atoms with Crippen LogP contribution in [0.5, 0.6) is 0 Å². The maximum Gasteiger partial charge on any atom is 0.108 e. The lowest BCUT2D eigenvalue weighted by molar-refractivity contribution is 0.590. The van der Waals surface area contributed by atoms with E-state index in [1.54, 1.807) is 6.20 Å². The van der Waals surface area contributed by atoms with E-state index in [-0.39, 0.29) is 21.7 Å². The highest BCUT2D eigenvalue weighted by Crippen LogP contribution is 2.44. The molecular formula is C59H61N5. The number of nitrogens with zero attached hydrogens (tertiary/aromatic N) is 5. The molecule has 0 aliphatic rings. The van der Waals surface area contributed by atoms with E-state index in [9.17, 15) is 0 Å². The van der Waals surface area contributed by atoms with E-state index in [2.05, 4.69) is 231 Å². The Bertz CT molecular complexity index is 2820. The number of fused-ring (bicyclic) bond motifs is 7. The van der Waals surface area contributed by atoms with Crippen LogP contribution in [0.3, 0.4) is 0 Å². The van der Waals surface area contributed by atoms with E-state index < -0.39 is 0 Å². The highest BCUT2D eigenvalue weighted by Gasteiger charge is 2.23. The van der Waals surface area contributed by atoms with Crippen LogP contribution in [0.25, 0.3) is 43.6 Å². The van der Waals surface area contributed by atoms with Crippen molar-refractivity contribution in [1.82, 2.24) is 15.0 Å². The molecule has 5 nitrogen and oxygen atoms in total. The topological polar surface area (TPSA) is 45.2 Å². The van der Waals surface area contributed by atoms with Gasteiger partial charge in [0.25, 0.3) is 0 Å². The van der Waals surface area contributed by atoms with Crippen molar-refractivity contribution in [2.24, 2.45) is 0 Å². The van der Waals surface area contributed by atoms with Gasteiger partial charge in [-0.3, -0.25) is 4.98 Å². The van der Waals surface area contributed by atoms with Gasteiger partial charge in [0.05, 0.1) is 22.7 Å². The van der Waals surface area contributed by atoms with Crippen molar-refractivity contribution in [2.75, 3.05) is 9.80 Å². The molecule has 0 fully saturated rings. The third-order valence-corrected chi connectivity index (χ3v) is 12.8. The molecule has 0 bridgehead atoms. The van der Waals surface area contributed by atoms with Gasteiger partial charge in [-0.25, -0.2) is 9.97 Å². The van der Waals surface area contributed by atoms with Crippen molar-refractivity contribution in [3.63, 3.8) is 0 Å². The molecule has 0 aliphatic carbocycles. The summed E-state index contributed by atoms with van der Waals surface area (Å²) < 4.78 is 0. The first-order valence-corrected chi connectivity index (χ1v) is 22.7. The average molecular weight is 840 g/mol. The monoisotopic (exact) mass is 839 g/mol. The van der Waals surface area contributed by atoms with E-state index in [0.717, 1.165) is 77.7 Å². The van der Waals surface area contributed by atoms with Crippen molar-refractivity contribution < 1.29 is 0 Å². The standard InChI is InChI=1S/C59H61N5/c1-56(2,3)38-13-21-42(22-14-38)63(43-23-15-39(16-24-43)57(4,5)6)46-29-31-48-50(35-46)51-36-47(30-32-49(51)55-54(48)61-52-33-34-60-37-53(52)62-55)64(44-25-17-40(18-26-44)58(7,8)9)45-27-19-41(20-28-45)59(10,11)12/h13-37H,1-12H3. The summed E-state index contributed by atoms with van der Waals surface area (Å²) in [6.07, 6.45) is 3.61. The van der Waals surface area contributed by atoms with Crippen molar-refractivity contribution in [2.45, 2.75) is 105 Å². The molecule has 0 saturated carbocycles. The Morgan fingerprint density at radius 3 is 0.922 bits per heavy atom. The van der Waals surface area contributed by atoms with Crippen LogP contribution in [-0.4, -0.2) is 15.0 Å². The van der Waals surface area contributed by atoms with Crippen LogP contribution in [0.1, 0.15) is 105 Å². The molecule has 2 aromatic heterocycles. The second kappa shape index (κ2) is 15.6. The normalized spacial score (nSPS) is 12.7. The van der Waals surface area contributed by atoms with Gasteiger partial charge < -0.3 is 9.80 Å². The Kier molecular flexibility index (Phi) is 10.4. The van der Waals surface area contributed by atoms with Gasteiger partial charge >= 0.3 is 0 Å². The van der Waals surface area contributed by atoms with Crippen molar-refractivity contribution >= 4 is 77.7 Å². The van der Waals surface area contributed by atoms with Gasteiger partial charge in [-0.15, -0.1) is 0 Å². The Hall–Kier alpha value is -6.59. The molecule has 2 heterocycles. The zero-order valence-corrected chi connectivity index (χ0v) is 39.7. The molecule has 0 N–H and O–H groups in total. The maximum atomic E-state index is 5.29. The number of hydrogen-bond acceptors (Lipinski definition) is 5. The van der Waals surface area contributed by atoms with E-state index in [4.69, 9.17) is 9.97 Å². The predicted molar refractivity (Wildman–Crippen MR) is 274 cm³/mol. The molecule has 0 unspecified atom stereocenters. The fraction of sp³-hybridized carbons (Fsp3) is 0.271. The van der Waals surface area contributed by atoms with E-state index in [1.807, 2.05) is 12.3 Å². The molecule has 0 spiro atoms. The molecule has 0 atom stereocenters. The van der Waals surface area contributed by atoms with Crippen molar-refractivity contribution in [3.8, 4) is 0 Å². The molecule has 9 aromatic rings. The van der Waals surface area contributed by atoms with Crippen LogP contribution in [0, 0.1) is 0 Å². The minimum atomic E-state index is 0.0379. The fourth-order valence-electron chi connectivity index (χ4n) is 8.82. The summed E-state index contributed by atoms with van der Waals surface area (Å²) in [5.74, 6) is 0. The molecule has 322 valence electrons. The largest absolute Gasteiger partial charge is 0.310 e. The Morgan fingerprint density at radius 1 is 0.312 bits per heavy atom. The van der Waals surface area contributed by atoms with Gasteiger partial charge in [0.1, 0.15) is 5.52 Å². The van der Waals surface area contributed by atoms with Crippen LogP contribution in [-0.2, 0) is 21.7 Å². The van der Waals surface area contributed by atoms with Gasteiger partial charge in [0.15, 0.2) is 0 Å². The predicted octanol–water partition coefficient (Wildman–Crippen LogP) is 16.6. The van der Waals surface area contributed by atoms with Gasteiger partial charge in [0.2, 0.25) is 0 Å². The summed E-state index contributed by atoms with van der Waals surface area (Å²) in [6, 6.07) is 51.9. The number of rotatable bonds is 6. The molecule has 64 heavy (non-hydrogen) atoms. The van der Waals surface area contributed by atoms with E-state index in [0.29, 0.717) is 0 Å². The molecule has 7 aromatic carbocycles. The van der Waals surface area contributed by atoms with Crippen LogP contribution in [0.4, 0.5) is 34.1 Å². The third-order valence-electron chi connectivity index (χ3n) is 12.8. The first-order chi connectivity index (χ1) is 30.2. The highest BCUT2D eigenvalue weighted by atomic mass is 15.1. The average Bonchev–Trinajstić information content (AvgIpc) is 3.25. The summed E-state index contributed by atoms with van der Waals surface area (Å²) in [5, 5.41) is 4.31. The van der Waals surface area contributed by atoms with E-state index in [1.165, 1.54) is 22.3 Å². The summed E-state index contributed by atoms with van der Waals surface area (Å²) in [4.78, 5) is 19.8. The highest BCUT2D eigenvalue weighted by molar-refractivity contribution is 6.25. The second-order valence-electron chi connectivity index (χ2n) is 21.6. The first kappa shape index (κ1) is 42.7. The fourth-order valence-corrected chi connectivity index (χ4v) is 8.82. The first-order valence-electron chi connectivity index (χ1n) is 22.7. The van der Waals surface area contributed by atoms with Crippen molar-refractivity contribution in [3.05, 3.63) is 174 Å². The molecule has 0 radical (unpaired) electrons. The maximum absolute atomic E-state index is 5.29. The van der Waals surface area contributed by atoms with Crippen molar-refractivity contribution in [1.29, 1.82) is 0 Å². The Labute approximate surface area is 379 Å². The molecule has 0 aliphatic heterocycles. The molecular weight excluding hydrogens is 779 g/mol. The lowest BCUT2D eigenvalue weighted by Gasteiger charge is -2.29. The minimum Gasteiger partial charge on any atom is -0.310 e. The zero-order chi connectivity index (χ0) is 45.3. The Balaban J connectivity index is 1.31. The molecule has 5 heteroatoms. The van der Waals surface area contributed by atoms with Crippen LogP contribution in [0.15, 0.2) is 152 Å². The SMILES string of the molecule is CC(C)(C)c1ccc(N(c2ccc(C(C)(C)C)cc2)c2ccc3c(c2)c2cc(N(c4ccc(C(C)(C)C)cc4)c4ccc(C(C)(C)C)cc4)ccc2c2nc4cnccc4nc32)cc1. The van der Waals surface area contributed by atoms with Crippen LogP contribution >= 0.6 is 0 Å². The number of pyridine rings is 1. The number of benzene rings is 7. The lowest BCUT2D eigenvalue weighted by atomic mass is 9.86. The van der Waals surface area contributed by atoms with Crippen LogP contribution in [0.2, 0.25) is 0 Å². The smallest absolute Gasteiger partial charge is 0.108 e. The van der Waals surface area contributed by atoms with Crippen LogP contribution < -0.4 is 9.80 Å². The number of aromatic nitrogens is 3. The Morgan fingerprint density at radius 2 is 0.609 bits per heavy atom. The summed E-state index contributed by atoms with van der Waals surface area (Å²) >= 11 is 0. The summed E-state index contributed by atoms with van der Waals surface area (Å²) in [5.41, 5.74) is 15.2.